The van der Waals surface area contributed by atoms with Gasteiger partial charge in [0, 0.05) is 25.3 Å². The summed E-state index contributed by atoms with van der Waals surface area (Å²) in [6.45, 7) is 1.34. The number of likely N-dealkylation sites (N-methyl/N-ethyl adjacent to an activating group) is 1. The summed E-state index contributed by atoms with van der Waals surface area (Å²) in [6.07, 6.45) is 5.10. The number of aromatic carboxylic acids is 1. The van der Waals surface area contributed by atoms with Crippen molar-refractivity contribution in [2.75, 3.05) is 25.5 Å². The summed E-state index contributed by atoms with van der Waals surface area (Å²) in [7, 11) is 2.04. The first kappa shape index (κ1) is 14.3. The number of carboxylic acids is 1. The first-order valence-corrected chi connectivity index (χ1v) is 6.49. The Bertz CT molecular complexity index is 502. The van der Waals surface area contributed by atoms with Gasteiger partial charge in [-0.3, -0.25) is 4.98 Å². The molecule has 7 heteroatoms. The van der Waals surface area contributed by atoms with Gasteiger partial charge in [0.2, 0.25) is 0 Å². The summed E-state index contributed by atoms with van der Waals surface area (Å²) in [6, 6.07) is 1.67. The molecule has 1 fully saturated rings. The van der Waals surface area contributed by atoms with Crippen LogP contribution in [0.1, 0.15) is 23.2 Å². The third-order valence-electron chi connectivity index (χ3n) is 3.16. The number of hydrogen-bond acceptors (Lipinski definition) is 4. The number of anilines is 1. The Kier molecular flexibility index (Phi) is 4.52. The lowest BCUT2D eigenvalue weighted by atomic mass is 10.3. The maximum absolute atomic E-state index is 11.6. The highest BCUT2D eigenvalue weighted by Crippen LogP contribution is 2.24. The van der Waals surface area contributed by atoms with Crippen LogP contribution < -0.4 is 10.6 Å². The lowest BCUT2D eigenvalue weighted by Crippen LogP contribution is -2.36. The second kappa shape index (κ2) is 6.33. The zero-order valence-electron chi connectivity index (χ0n) is 11.3. The number of aromatic nitrogens is 1. The fourth-order valence-corrected chi connectivity index (χ4v) is 1.84. The van der Waals surface area contributed by atoms with Gasteiger partial charge in [-0.1, -0.05) is 0 Å². The summed E-state index contributed by atoms with van der Waals surface area (Å²) in [4.78, 5) is 28.4. The van der Waals surface area contributed by atoms with Crippen LogP contribution in [0.3, 0.4) is 0 Å². The van der Waals surface area contributed by atoms with Gasteiger partial charge in [0.25, 0.3) is 0 Å². The number of amides is 2. The van der Waals surface area contributed by atoms with Crippen LogP contribution in [0.15, 0.2) is 18.5 Å². The Balaban J connectivity index is 1.75. The summed E-state index contributed by atoms with van der Waals surface area (Å²) in [5.74, 6) is -1.08. The molecule has 0 saturated heterocycles. The average Bonchev–Trinajstić information content (AvgIpc) is 3.23. The molecule has 1 aromatic rings. The van der Waals surface area contributed by atoms with Gasteiger partial charge >= 0.3 is 12.0 Å². The number of carbonyl (C=O) groups is 2. The molecule has 1 saturated carbocycles. The van der Waals surface area contributed by atoms with Crippen LogP contribution in [0.5, 0.6) is 0 Å². The predicted molar refractivity (Wildman–Crippen MR) is 73.9 cm³/mol. The normalized spacial score (nSPS) is 14.1. The highest BCUT2D eigenvalue weighted by Gasteiger charge is 2.25. The highest BCUT2D eigenvalue weighted by molar-refractivity contribution is 5.92. The first-order chi connectivity index (χ1) is 9.56. The Morgan fingerprint density at radius 1 is 1.45 bits per heavy atom. The number of carboxylic acid groups (broad SMARTS) is 1. The largest absolute Gasteiger partial charge is 0.478 e. The fraction of sp³-hybridized carbons (Fsp3) is 0.462. The molecule has 108 valence electrons. The molecule has 7 nitrogen and oxygen atoms in total. The molecule has 0 aromatic carbocycles. The van der Waals surface area contributed by atoms with Crippen molar-refractivity contribution >= 4 is 17.7 Å². The third kappa shape index (κ3) is 4.20. The van der Waals surface area contributed by atoms with Crippen molar-refractivity contribution in [2.45, 2.75) is 18.9 Å². The standard InChI is InChI=1S/C13H18N4O3/c1-17(11-2-3-11)5-4-15-13(20)16-10-6-9(12(18)19)7-14-8-10/h6-8,11H,2-5H2,1H3,(H,18,19)(H2,15,16,20). The molecule has 0 bridgehead atoms. The Morgan fingerprint density at radius 2 is 2.20 bits per heavy atom. The number of pyridine rings is 1. The van der Waals surface area contributed by atoms with E-state index in [1.807, 2.05) is 7.05 Å². The Hall–Kier alpha value is -2.15. The molecule has 0 radical (unpaired) electrons. The maximum atomic E-state index is 11.6. The van der Waals surface area contributed by atoms with Gasteiger partial charge in [-0.25, -0.2) is 9.59 Å². The second-order valence-electron chi connectivity index (χ2n) is 4.86. The Morgan fingerprint density at radius 3 is 2.85 bits per heavy atom. The van der Waals surface area contributed by atoms with E-state index in [9.17, 15) is 9.59 Å². The predicted octanol–water partition coefficient (Wildman–Crippen LogP) is 0.995. The minimum atomic E-state index is -1.08. The number of carbonyl (C=O) groups excluding carboxylic acids is 1. The molecule has 20 heavy (non-hydrogen) atoms. The summed E-state index contributed by atoms with van der Waals surface area (Å²) >= 11 is 0. The maximum Gasteiger partial charge on any atom is 0.337 e. The summed E-state index contributed by atoms with van der Waals surface area (Å²) < 4.78 is 0. The topological polar surface area (TPSA) is 94.6 Å². The third-order valence-corrected chi connectivity index (χ3v) is 3.16. The smallest absolute Gasteiger partial charge is 0.337 e. The average molecular weight is 278 g/mol. The van der Waals surface area contributed by atoms with Gasteiger partial charge in [0.1, 0.15) is 0 Å². The lowest BCUT2D eigenvalue weighted by Gasteiger charge is -2.15. The van der Waals surface area contributed by atoms with E-state index in [0.29, 0.717) is 18.3 Å². The summed E-state index contributed by atoms with van der Waals surface area (Å²) in [5.41, 5.74) is 0.397. The quantitative estimate of drug-likeness (QED) is 0.721. The van der Waals surface area contributed by atoms with E-state index in [1.54, 1.807) is 0 Å². The van der Waals surface area contributed by atoms with Gasteiger partial charge in [0.05, 0.1) is 17.4 Å². The van der Waals surface area contributed by atoms with Crippen molar-refractivity contribution in [1.82, 2.24) is 15.2 Å². The van der Waals surface area contributed by atoms with Crippen LogP contribution in [0.4, 0.5) is 10.5 Å². The molecular weight excluding hydrogens is 260 g/mol. The SMILES string of the molecule is CN(CCNC(=O)Nc1cncc(C(=O)O)c1)C1CC1. The van der Waals surface area contributed by atoms with Crippen LogP contribution >= 0.6 is 0 Å². The fourth-order valence-electron chi connectivity index (χ4n) is 1.84. The number of nitrogens with zero attached hydrogens (tertiary/aromatic N) is 2. The Labute approximate surface area is 117 Å². The van der Waals surface area contributed by atoms with Crippen LogP contribution in [-0.4, -0.2) is 53.2 Å². The van der Waals surface area contributed by atoms with E-state index in [1.165, 1.54) is 31.3 Å². The van der Waals surface area contributed by atoms with Crippen molar-refractivity contribution in [1.29, 1.82) is 0 Å². The molecule has 0 unspecified atom stereocenters. The monoisotopic (exact) mass is 278 g/mol. The van der Waals surface area contributed by atoms with E-state index in [4.69, 9.17) is 5.11 Å². The van der Waals surface area contributed by atoms with Gasteiger partial charge < -0.3 is 20.6 Å². The van der Waals surface area contributed by atoms with Crippen LogP contribution in [-0.2, 0) is 0 Å². The van der Waals surface area contributed by atoms with E-state index in [0.717, 1.165) is 6.54 Å². The van der Waals surface area contributed by atoms with Crippen molar-refractivity contribution in [3.63, 3.8) is 0 Å². The molecule has 3 N–H and O–H groups in total. The number of urea groups is 1. The van der Waals surface area contributed by atoms with E-state index >= 15 is 0 Å². The molecule has 1 aromatic heterocycles. The van der Waals surface area contributed by atoms with Crippen molar-refractivity contribution < 1.29 is 14.7 Å². The van der Waals surface area contributed by atoms with Gasteiger partial charge in [-0.2, -0.15) is 0 Å². The zero-order chi connectivity index (χ0) is 14.5. The number of rotatable bonds is 6. The van der Waals surface area contributed by atoms with E-state index in [-0.39, 0.29) is 11.6 Å². The number of nitrogens with one attached hydrogen (secondary N) is 2. The van der Waals surface area contributed by atoms with Crippen LogP contribution in [0.2, 0.25) is 0 Å². The summed E-state index contributed by atoms with van der Waals surface area (Å²) in [5, 5.41) is 14.1. The van der Waals surface area contributed by atoms with E-state index < -0.39 is 5.97 Å². The zero-order valence-corrected chi connectivity index (χ0v) is 11.3. The molecular formula is C13H18N4O3. The van der Waals surface area contributed by atoms with Crippen LogP contribution in [0.25, 0.3) is 0 Å². The molecule has 1 aliphatic carbocycles. The van der Waals surface area contributed by atoms with Crippen LogP contribution in [0, 0.1) is 0 Å². The van der Waals surface area contributed by atoms with Crippen molar-refractivity contribution in [3.8, 4) is 0 Å². The van der Waals surface area contributed by atoms with Gasteiger partial charge in [0.15, 0.2) is 0 Å². The minimum Gasteiger partial charge on any atom is -0.478 e. The second-order valence-corrected chi connectivity index (χ2v) is 4.86. The molecule has 0 spiro atoms. The molecule has 2 rings (SSSR count). The van der Waals surface area contributed by atoms with E-state index in [2.05, 4.69) is 20.5 Å². The number of hydrogen-bond donors (Lipinski definition) is 3. The molecule has 0 atom stereocenters. The molecule has 0 aliphatic heterocycles. The molecule has 1 aliphatic rings. The van der Waals surface area contributed by atoms with Crippen molar-refractivity contribution in [3.05, 3.63) is 24.0 Å². The van der Waals surface area contributed by atoms with Crippen molar-refractivity contribution in [2.24, 2.45) is 0 Å². The minimum absolute atomic E-state index is 0.0382. The lowest BCUT2D eigenvalue weighted by molar-refractivity contribution is 0.0696. The first-order valence-electron chi connectivity index (χ1n) is 6.49. The van der Waals surface area contributed by atoms with Gasteiger partial charge in [-0.05, 0) is 26.0 Å². The van der Waals surface area contributed by atoms with Gasteiger partial charge in [-0.15, -0.1) is 0 Å². The molecule has 2 amide bonds. The highest BCUT2D eigenvalue weighted by atomic mass is 16.4. The molecule has 1 heterocycles.